The van der Waals surface area contributed by atoms with E-state index in [1.165, 1.54) is 28.6 Å². The predicted octanol–water partition coefficient (Wildman–Crippen LogP) is 2.67. The molecule has 1 heterocycles. The van der Waals surface area contributed by atoms with E-state index in [1.807, 2.05) is 6.07 Å². The van der Waals surface area contributed by atoms with Crippen LogP contribution in [0.3, 0.4) is 0 Å². The third kappa shape index (κ3) is 5.04. The zero-order valence-electron chi connectivity index (χ0n) is 18.5. The van der Waals surface area contributed by atoms with Gasteiger partial charge in [0, 0.05) is 18.8 Å². The number of amides is 1. The third-order valence-electron chi connectivity index (χ3n) is 5.51. The van der Waals surface area contributed by atoms with Gasteiger partial charge in [0.1, 0.15) is 11.3 Å². The van der Waals surface area contributed by atoms with Gasteiger partial charge in [-0.25, -0.2) is 13.2 Å². The number of anilines is 1. The molecule has 1 amide bonds. The summed E-state index contributed by atoms with van der Waals surface area (Å²) < 4.78 is 37.4. The first kappa shape index (κ1) is 23.7. The zero-order chi connectivity index (χ0) is 24.3. The van der Waals surface area contributed by atoms with Crippen molar-refractivity contribution in [3.63, 3.8) is 0 Å². The molecule has 0 spiro atoms. The molecule has 3 aromatic rings. The minimum atomic E-state index is -3.73. The zero-order valence-corrected chi connectivity index (χ0v) is 19.3. The van der Waals surface area contributed by atoms with Crippen molar-refractivity contribution in [1.29, 1.82) is 0 Å². The van der Waals surface area contributed by atoms with Crippen molar-refractivity contribution in [3.05, 3.63) is 65.7 Å². The maximum absolute atomic E-state index is 12.9. The van der Waals surface area contributed by atoms with Crippen molar-refractivity contribution >= 4 is 38.4 Å². The van der Waals surface area contributed by atoms with Crippen molar-refractivity contribution in [3.8, 4) is 5.75 Å². The van der Waals surface area contributed by atoms with Gasteiger partial charge in [-0.1, -0.05) is 30.3 Å². The number of esters is 1. The van der Waals surface area contributed by atoms with Gasteiger partial charge in [0.15, 0.2) is 6.61 Å². The monoisotopic (exact) mass is 484 g/mol. The fraction of sp³-hybridized carbons (Fsp3) is 0.250. The van der Waals surface area contributed by atoms with Crippen LogP contribution in [0.25, 0.3) is 10.8 Å². The van der Waals surface area contributed by atoms with Gasteiger partial charge < -0.3 is 19.9 Å². The Labute approximate surface area is 196 Å². The molecule has 0 bridgehead atoms. The van der Waals surface area contributed by atoms with E-state index in [4.69, 9.17) is 9.47 Å². The number of sulfonamides is 1. The van der Waals surface area contributed by atoms with Crippen molar-refractivity contribution in [2.45, 2.75) is 11.8 Å². The number of carbonyl (C=O) groups excluding carboxylic acids is 2. The number of nitrogens with zero attached hydrogens (tertiary/aromatic N) is 1. The number of fused-ring (bicyclic) bond motifs is 1. The highest BCUT2D eigenvalue weighted by Crippen LogP contribution is 2.26. The second-order valence-corrected chi connectivity index (χ2v) is 9.77. The molecule has 1 aliphatic heterocycles. The van der Waals surface area contributed by atoms with Crippen molar-refractivity contribution in [2.75, 3.05) is 38.2 Å². The molecule has 34 heavy (non-hydrogen) atoms. The Hall–Kier alpha value is -3.47. The first-order chi connectivity index (χ1) is 16.3. The lowest BCUT2D eigenvalue weighted by Gasteiger charge is -2.26. The molecule has 0 aromatic heterocycles. The predicted molar refractivity (Wildman–Crippen MR) is 125 cm³/mol. The lowest BCUT2D eigenvalue weighted by Crippen LogP contribution is -2.40. The number of carbonyl (C=O) groups is 2. The smallest absolute Gasteiger partial charge is 0.342 e. The highest BCUT2D eigenvalue weighted by Gasteiger charge is 2.27. The van der Waals surface area contributed by atoms with Gasteiger partial charge in [-0.3, -0.25) is 4.79 Å². The number of hydrogen-bond acceptors (Lipinski definition) is 7. The molecule has 3 aromatic carbocycles. The largest absolute Gasteiger partial charge is 0.507 e. The topological polar surface area (TPSA) is 122 Å². The second kappa shape index (κ2) is 9.80. The number of phenols is 1. The molecular formula is C24H24N2O7S. The van der Waals surface area contributed by atoms with Crippen LogP contribution in [0.15, 0.2) is 59.5 Å². The number of phenolic OH excluding ortho intramolecular Hbond substituents is 1. The Morgan fingerprint density at radius 1 is 1.06 bits per heavy atom. The lowest BCUT2D eigenvalue weighted by molar-refractivity contribution is -0.119. The number of ether oxygens (including phenoxy) is 2. The van der Waals surface area contributed by atoms with Crippen molar-refractivity contribution < 1.29 is 32.6 Å². The van der Waals surface area contributed by atoms with Crippen molar-refractivity contribution in [1.82, 2.24) is 4.31 Å². The van der Waals surface area contributed by atoms with Gasteiger partial charge >= 0.3 is 5.97 Å². The van der Waals surface area contributed by atoms with E-state index < -0.39 is 28.5 Å². The molecule has 1 fully saturated rings. The van der Waals surface area contributed by atoms with Gasteiger partial charge in [0.2, 0.25) is 10.0 Å². The Balaban J connectivity index is 1.43. The quantitative estimate of drug-likeness (QED) is 0.516. The van der Waals surface area contributed by atoms with Crippen LogP contribution >= 0.6 is 0 Å². The van der Waals surface area contributed by atoms with Crippen LogP contribution in [-0.2, 0) is 24.3 Å². The maximum Gasteiger partial charge on any atom is 0.342 e. The minimum Gasteiger partial charge on any atom is -0.507 e. The summed E-state index contributed by atoms with van der Waals surface area (Å²) in [5, 5.41) is 14.3. The minimum absolute atomic E-state index is 0.0494. The van der Waals surface area contributed by atoms with E-state index in [2.05, 4.69) is 5.32 Å². The molecule has 178 valence electrons. The van der Waals surface area contributed by atoms with E-state index in [-0.39, 0.29) is 29.3 Å². The van der Waals surface area contributed by atoms with Gasteiger partial charge in [-0.05, 0) is 47.5 Å². The number of nitrogens with one attached hydrogen (secondary N) is 1. The summed E-state index contributed by atoms with van der Waals surface area (Å²) in [6.45, 7) is 2.29. The first-order valence-electron chi connectivity index (χ1n) is 10.6. The molecular weight excluding hydrogens is 460 g/mol. The number of hydrogen-bond donors (Lipinski definition) is 2. The Morgan fingerprint density at radius 3 is 2.44 bits per heavy atom. The molecule has 0 saturated carbocycles. The summed E-state index contributed by atoms with van der Waals surface area (Å²) in [5.41, 5.74) is 0.887. The Morgan fingerprint density at radius 2 is 1.74 bits per heavy atom. The number of morpholine rings is 1. The summed E-state index contributed by atoms with van der Waals surface area (Å²) in [5.74, 6) is -1.74. The first-order valence-corrected chi connectivity index (χ1v) is 12.1. The molecule has 0 unspecified atom stereocenters. The van der Waals surface area contributed by atoms with Gasteiger partial charge in [0.25, 0.3) is 5.91 Å². The van der Waals surface area contributed by atoms with Crippen LogP contribution in [0.4, 0.5) is 5.69 Å². The lowest BCUT2D eigenvalue weighted by atomic mass is 10.1. The van der Waals surface area contributed by atoms with Crippen LogP contribution in [0.5, 0.6) is 5.75 Å². The maximum atomic E-state index is 12.9. The molecule has 0 aliphatic carbocycles. The van der Waals surface area contributed by atoms with Crippen molar-refractivity contribution in [2.24, 2.45) is 0 Å². The van der Waals surface area contributed by atoms with E-state index in [0.29, 0.717) is 24.5 Å². The van der Waals surface area contributed by atoms with E-state index >= 15 is 0 Å². The summed E-state index contributed by atoms with van der Waals surface area (Å²) in [6, 6.07) is 14.6. The molecule has 0 radical (unpaired) electrons. The van der Waals surface area contributed by atoms with E-state index in [9.17, 15) is 23.1 Å². The fourth-order valence-electron chi connectivity index (χ4n) is 3.62. The molecule has 4 rings (SSSR count). The summed E-state index contributed by atoms with van der Waals surface area (Å²) in [7, 11) is -3.73. The van der Waals surface area contributed by atoms with Gasteiger partial charge in [0.05, 0.1) is 18.1 Å². The molecule has 9 nitrogen and oxygen atoms in total. The summed E-state index contributed by atoms with van der Waals surface area (Å²) in [6.07, 6.45) is 0. The average Bonchev–Trinajstić information content (AvgIpc) is 2.84. The molecule has 10 heteroatoms. The van der Waals surface area contributed by atoms with Gasteiger partial charge in [-0.2, -0.15) is 4.31 Å². The Kier molecular flexibility index (Phi) is 6.82. The summed E-state index contributed by atoms with van der Waals surface area (Å²) in [4.78, 5) is 24.9. The number of benzene rings is 3. The van der Waals surface area contributed by atoms with Crippen LogP contribution in [0.2, 0.25) is 0 Å². The average molecular weight is 485 g/mol. The number of aryl methyl sites for hydroxylation is 1. The van der Waals surface area contributed by atoms with E-state index in [1.54, 1.807) is 31.2 Å². The molecule has 2 N–H and O–H groups in total. The Bertz CT molecular complexity index is 1350. The van der Waals surface area contributed by atoms with Crippen LogP contribution in [0.1, 0.15) is 15.9 Å². The second-order valence-electron chi connectivity index (χ2n) is 7.83. The molecule has 1 saturated heterocycles. The molecule has 0 atom stereocenters. The van der Waals surface area contributed by atoms with Crippen LogP contribution in [-0.4, -0.2) is 62.6 Å². The number of rotatable bonds is 6. The fourth-order valence-corrected chi connectivity index (χ4v) is 5.05. The standard InChI is InChI=1S/C24H24N2O7S/c1-16-6-7-19(34(30,31)26-8-10-32-11-9-26)14-21(16)25-23(28)15-33-24(29)20-12-17-4-2-3-5-18(17)13-22(20)27/h2-7,12-14,27H,8-11,15H2,1H3,(H,25,28). The highest BCUT2D eigenvalue weighted by molar-refractivity contribution is 7.89. The normalized spacial score (nSPS) is 14.6. The number of aromatic hydroxyl groups is 1. The van der Waals surface area contributed by atoms with Crippen LogP contribution < -0.4 is 5.32 Å². The molecule has 1 aliphatic rings. The third-order valence-corrected chi connectivity index (χ3v) is 7.40. The SMILES string of the molecule is Cc1ccc(S(=O)(=O)N2CCOCC2)cc1NC(=O)COC(=O)c1cc2ccccc2cc1O. The van der Waals surface area contributed by atoms with Crippen LogP contribution in [0, 0.1) is 6.92 Å². The van der Waals surface area contributed by atoms with E-state index in [0.717, 1.165) is 10.8 Å². The van der Waals surface area contributed by atoms with Gasteiger partial charge in [-0.15, -0.1) is 0 Å². The summed E-state index contributed by atoms with van der Waals surface area (Å²) >= 11 is 0. The highest BCUT2D eigenvalue weighted by atomic mass is 32.2.